The first-order chi connectivity index (χ1) is 11.2. The molecule has 1 saturated heterocycles. The van der Waals surface area contributed by atoms with Gasteiger partial charge in [-0.2, -0.15) is 0 Å². The third kappa shape index (κ3) is 4.05. The highest BCUT2D eigenvalue weighted by molar-refractivity contribution is 5.78. The van der Waals surface area contributed by atoms with Gasteiger partial charge in [0.1, 0.15) is 5.75 Å². The molecule has 0 N–H and O–H groups in total. The molecule has 1 aromatic rings. The molecular formula is C19H28N2O2. The molecule has 0 bridgehead atoms. The monoisotopic (exact) mass is 316 g/mol. The topological polar surface area (TPSA) is 32.8 Å². The number of nitrogens with zero attached hydrogens (tertiary/aromatic N) is 2. The van der Waals surface area contributed by atoms with Crippen LogP contribution in [0, 0.1) is 0 Å². The van der Waals surface area contributed by atoms with Gasteiger partial charge in [0.2, 0.25) is 5.91 Å². The number of methoxy groups -OCH3 is 1. The number of likely N-dealkylation sites (tertiary alicyclic amines) is 1. The first-order valence-corrected chi connectivity index (χ1v) is 8.84. The Morgan fingerprint density at radius 2 is 2.04 bits per heavy atom. The van der Waals surface area contributed by atoms with Crippen molar-refractivity contribution in [1.29, 1.82) is 0 Å². The van der Waals surface area contributed by atoms with E-state index in [1.807, 2.05) is 18.2 Å². The van der Waals surface area contributed by atoms with Crippen LogP contribution in [0.2, 0.25) is 0 Å². The Kier molecular flexibility index (Phi) is 5.21. The lowest BCUT2D eigenvalue weighted by Gasteiger charge is -2.35. The molecule has 0 spiro atoms. The van der Waals surface area contributed by atoms with Gasteiger partial charge in [0.25, 0.3) is 0 Å². The van der Waals surface area contributed by atoms with Crippen molar-refractivity contribution in [2.24, 2.45) is 0 Å². The molecule has 1 aliphatic carbocycles. The number of piperidine rings is 1. The van der Waals surface area contributed by atoms with Crippen LogP contribution in [0.5, 0.6) is 5.75 Å². The summed E-state index contributed by atoms with van der Waals surface area (Å²) in [6.07, 6.45) is 5.95. The van der Waals surface area contributed by atoms with Crippen LogP contribution in [0.15, 0.2) is 24.3 Å². The van der Waals surface area contributed by atoms with E-state index in [1.165, 1.54) is 24.8 Å². The fraction of sp³-hybridized carbons (Fsp3) is 0.632. The average Bonchev–Trinajstić information content (AvgIpc) is 3.40. The fourth-order valence-corrected chi connectivity index (χ4v) is 3.54. The molecule has 1 heterocycles. The predicted molar refractivity (Wildman–Crippen MR) is 91.5 cm³/mol. The number of carbonyl (C=O) groups excluding carboxylic acids is 1. The number of hydrogen-bond acceptors (Lipinski definition) is 3. The summed E-state index contributed by atoms with van der Waals surface area (Å²) in [5.41, 5.74) is 1.17. The van der Waals surface area contributed by atoms with Crippen molar-refractivity contribution < 1.29 is 9.53 Å². The van der Waals surface area contributed by atoms with Gasteiger partial charge in [0.05, 0.1) is 13.7 Å². The van der Waals surface area contributed by atoms with Crippen molar-refractivity contribution in [3.63, 3.8) is 0 Å². The zero-order valence-electron chi connectivity index (χ0n) is 14.3. The fourth-order valence-electron chi connectivity index (χ4n) is 3.54. The van der Waals surface area contributed by atoms with Gasteiger partial charge in [-0.05, 0) is 45.1 Å². The quantitative estimate of drug-likeness (QED) is 0.808. The van der Waals surface area contributed by atoms with Crippen LogP contribution >= 0.6 is 0 Å². The molecular weight excluding hydrogens is 288 g/mol. The first kappa shape index (κ1) is 16.3. The zero-order valence-corrected chi connectivity index (χ0v) is 14.3. The summed E-state index contributed by atoms with van der Waals surface area (Å²) in [6, 6.07) is 9.08. The molecule has 1 amide bonds. The molecule has 2 aliphatic rings. The summed E-state index contributed by atoms with van der Waals surface area (Å²) in [6.45, 7) is 4.43. The van der Waals surface area contributed by atoms with Crippen molar-refractivity contribution in [3.8, 4) is 5.75 Å². The molecule has 2 fully saturated rings. The SMILES string of the molecule is COc1ccccc1CN(CC(=O)N1CCCCC1C)C1CC1. The van der Waals surface area contributed by atoms with Crippen molar-refractivity contribution >= 4 is 5.91 Å². The number of hydrogen-bond donors (Lipinski definition) is 0. The molecule has 1 saturated carbocycles. The molecule has 1 atom stereocenters. The second-order valence-electron chi connectivity index (χ2n) is 6.88. The van der Waals surface area contributed by atoms with Gasteiger partial charge in [0.15, 0.2) is 0 Å². The molecule has 23 heavy (non-hydrogen) atoms. The number of amides is 1. The number of rotatable bonds is 6. The van der Waals surface area contributed by atoms with E-state index in [-0.39, 0.29) is 0 Å². The first-order valence-electron chi connectivity index (χ1n) is 8.84. The second kappa shape index (κ2) is 7.35. The van der Waals surface area contributed by atoms with Crippen LogP contribution < -0.4 is 4.74 Å². The van der Waals surface area contributed by atoms with E-state index in [4.69, 9.17) is 4.74 Å². The van der Waals surface area contributed by atoms with E-state index in [9.17, 15) is 4.79 Å². The Bertz CT molecular complexity index is 542. The van der Waals surface area contributed by atoms with Gasteiger partial charge < -0.3 is 9.64 Å². The lowest BCUT2D eigenvalue weighted by Crippen LogP contribution is -2.47. The van der Waals surface area contributed by atoms with Crippen LogP contribution in [0.3, 0.4) is 0 Å². The van der Waals surface area contributed by atoms with Gasteiger partial charge in [0, 0.05) is 30.7 Å². The maximum absolute atomic E-state index is 12.7. The van der Waals surface area contributed by atoms with E-state index < -0.39 is 0 Å². The molecule has 0 radical (unpaired) electrons. The van der Waals surface area contributed by atoms with Crippen LogP contribution in [0.25, 0.3) is 0 Å². The van der Waals surface area contributed by atoms with Gasteiger partial charge in [-0.25, -0.2) is 0 Å². The van der Waals surface area contributed by atoms with E-state index in [0.29, 0.717) is 24.5 Å². The number of carbonyl (C=O) groups is 1. The van der Waals surface area contributed by atoms with E-state index in [1.54, 1.807) is 7.11 Å². The van der Waals surface area contributed by atoms with E-state index in [0.717, 1.165) is 31.7 Å². The Hall–Kier alpha value is -1.55. The number of ether oxygens (including phenoxy) is 1. The lowest BCUT2D eigenvalue weighted by molar-refractivity contribution is -0.136. The average molecular weight is 316 g/mol. The van der Waals surface area contributed by atoms with Crippen molar-refractivity contribution in [3.05, 3.63) is 29.8 Å². The van der Waals surface area contributed by atoms with Gasteiger partial charge >= 0.3 is 0 Å². The predicted octanol–water partition coefficient (Wildman–Crippen LogP) is 3.06. The van der Waals surface area contributed by atoms with Crippen molar-refractivity contribution in [1.82, 2.24) is 9.80 Å². The lowest BCUT2D eigenvalue weighted by atomic mass is 10.0. The number of benzene rings is 1. The minimum atomic E-state index is 0.291. The van der Waals surface area contributed by atoms with Gasteiger partial charge in [-0.3, -0.25) is 9.69 Å². The summed E-state index contributed by atoms with van der Waals surface area (Å²) < 4.78 is 5.46. The van der Waals surface area contributed by atoms with Crippen molar-refractivity contribution in [2.75, 3.05) is 20.2 Å². The molecule has 4 heteroatoms. The number of para-hydroxylation sites is 1. The van der Waals surface area contributed by atoms with Crippen molar-refractivity contribution in [2.45, 2.75) is 57.7 Å². The minimum absolute atomic E-state index is 0.291. The largest absolute Gasteiger partial charge is 0.496 e. The molecule has 126 valence electrons. The Labute approximate surface area is 139 Å². The maximum Gasteiger partial charge on any atom is 0.237 e. The molecule has 3 rings (SSSR count). The van der Waals surface area contributed by atoms with Crippen LogP contribution in [-0.4, -0.2) is 48.0 Å². The van der Waals surface area contributed by atoms with E-state index >= 15 is 0 Å². The summed E-state index contributed by atoms with van der Waals surface area (Å²) >= 11 is 0. The highest BCUT2D eigenvalue weighted by atomic mass is 16.5. The normalized spacial score (nSPS) is 21.5. The third-order valence-electron chi connectivity index (χ3n) is 5.09. The molecule has 4 nitrogen and oxygen atoms in total. The smallest absolute Gasteiger partial charge is 0.237 e. The highest BCUT2D eigenvalue weighted by Crippen LogP contribution is 2.30. The molecule has 1 aromatic carbocycles. The van der Waals surface area contributed by atoms with Gasteiger partial charge in [-0.1, -0.05) is 18.2 Å². The molecule has 0 aromatic heterocycles. The summed E-state index contributed by atoms with van der Waals surface area (Å²) in [5.74, 6) is 1.20. The van der Waals surface area contributed by atoms with Crippen LogP contribution in [-0.2, 0) is 11.3 Å². The van der Waals surface area contributed by atoms with Crippen LogP contribution in [0.4, 0.5) is 0 Å². The van der Waals surface area contributed by atoms with Crippen LogP contribution in [0.1, 0.15) is 44.6 Å². The minimum Gasteiger partial charge on any atom is -0.496 e. The van der Waals surface area contributed by atoms with E-state index in [2.05, 4.69) is 22.8 Å². The zero-order chi connectivity index (χ0) is 16.2. The van der Waals surface area contributed by atoms with Gasteiger partial charge in [-0.15, -0.1) is 0 Å². The molecule has 1 unspecified atom stereocenters. The Morgan fingerprint density at radius 3 is 2.74 bits per heavy atom. The second-order valence-corrected chi connectivity index (χ2v) is 6.88. The summed E-state index contributed by atoms with van der Waals surface area (Å²) in [5, 5.41) is 0. The Balaban J connectivity index is 1.66. The summed E-state index contributed by atoms with van der Waals surface area (Å²) in [4.78, 5) is 17.2. The highest BCUT2D eigenvalue weighted by Gasteiger charge is 2.33. The molecule has 1 aliphatic heterocycles. The summed E-state index contributed by atoms with van der Waals surface area (Å²) in [7, 11) is 1.71. The standard InChI is InChI=1S/C19H28N2O2/c1-15-7-5-6-12-21(15)19(22)14-20(17-10-11-17)13-16-8-3-4-9-18(16)23-2/h3-4,8-9,15,17H,5-7,10-14H2,1-2H3. The maximum atomic E-state index is 12.7. The third-order valence-corrected chi connectivity index (χ3v) is 5.09. The Morgan fingerprint density at radius 1 is 1.26 bits per heavy atom.